The zero-order chi connectivity index (χ0) is 32.8. The Kier molecular flexibility index (Phi) is 10.0. The van der Waals surface area contributed by atoms with Gasteiger partial charge in [-0.25, -0.2) is 14.6 Å². The number of carbonyl (C=O) groups excluding carboxylic acids is 2. The van der Waals surface area contributed by atoms with Gasteiger partial charge < -0.3 is 14.0 Å². The second kappa shape index (κ2) is 14.3. The SMILES string of the molecule is CCCCn1c(=O)n(CCCCc2noc(-c3ccccn3)n2)c(=O)c2c1nc(C)n2C(C)OC(=O)C1=C(OC(C)=O)C=CCC1. The third-order valence-corrected chi connectivity index (χ3v) is 7.62. The van der Waals surface area contributed by atoms with Crippen molar-refractivity contribution in [3.05, 3.63) is 80.4 Å². The van der Waals surface area contributed by atoms with Gasteiger partial charge >= 0.3 is 17.6 Å². The summed E-state index contributed by atoms with van der Waals surface area (Å²) < 4.78 is 20.6. The van der Waals surface area contributed by atoms with Gasteiger partial charge in [-0.15, -0.1) is 0 Å². The van der Waals surface area contributed by atoms with Crippen LogP contribution in [0.2, 0.25) is 0 Å². The molecule has 4 heterocycles. The van der Waals surface area contributed by atoms with Crippen molar-refractivity contribution in [3.63, 3.8) is 0 Å². The lowest BCUT2D eigenvalue weighted by Gasteiger charge is -2.20. The fourth-order valence-corrected chi connectivity index (χ4v) is 5.40. The highest BCUT2D eigenvalue weighted by Gasteiger charge is 2.27. The maximum absolute atomic E-state index is 13.9. The molecule has 0 bridgehead atoms. The van der Waals surface area contributed by atoms with Crippen LogP contribution in [-0.2, 0) is 38.6 Å². The van der Waals surface area contributed by atoms with Crippen LogP contribution >= 0.6 is 0 Å². The van der Waals surface area contributed by atoms with E-state index >= 15 is 0 Å². The van der Waals surface area contributed by atoms with E-state index in [1.54, 1.807) is 38.3 Å². The van der Waals surface area contributed by atoms with Crippen LogP contribution in [0.5, 0.6) is 0 Å². The number of rotatable bonds is 13. The lowest BCUT2D eigenvalue weighted by Crippen LogP contribution is -2.41. The van der Waals surface area contributed by atoms with E-state index in [1.807, 2.05) is 19.1 Å². The average molecular weight is 632 g/mol. The molecule has 0 radical (unpaired) electrons. The van der Waals surface area contributed by atoms with Gasteiger partial charge in [0.2, 0.25) is 0 Å². The number of esters is 2. The minimum Gasteiger partial charge on any atom is -0.438 e. The van der Waals surface area contributed by atoms with Crippen molar-refractivity contribution in [1.82, 2.24) is 33.8 Å². The maximum atomic E-state index is 13.9. The van der Waals surface area contributed by atoms with Crippen molar-refractivity contribution >= 4 is 23.1 Å². The fourth-order valence-electron chi connectivity index (χ4n) is 5.40. The van der Waals surface area contributed by atoms with Gasteiger partial charge in [-0.2, -0.15) is 4.98 Å². The quantitative estimate of drug-likeness (QED) is 0.154. The van der Waals surface area contributed by atoms with Gasteiger partial charge in [0.1, 0.15) is 17.3 Å². The Morgan fingerprint density at radius 3 is 2.63 bits per heavy atom. The number of hydrogen-bond acceptors (Lipinski definition) is 11. The Labute approximate surface area is 264 Å². The molecule has 0 N–H and O–H groups in total. The van der Waals surface area contributed by atoms with Gasteiger partial charge in [-0.3, -0.25) is 28.3 Å². The molecule has 0 saturated carbocycles. The number of pyridine rings is 1. The van der Waals surface area contributed by atoms with Crippen LogP contribution in [0, 0.1) is 6.92 Å². The van der Waals surface area contributed by atoms with E-state index in [0.29, 0.717) is 68.3 Å². The van der Waals surface area contributed by atoms with E-state index in [0.717, 1.165) is 6.42 Å². The van der Waals surface area contributed by atoms with Crippen molar-refractivity contribution in [2.24, 2.45) is 0 Å². The predicted octanol–water partition coefficient (Wildman–Crippen LogP) is 4.17. The summed E-state index contributed by atoms with van der Waals surface area (Å²) in [6.45, 7) is 7.14. The molecule has 0 amide bonds. The van der Waals surface area contributed by atoms with Crippen LogP contribution in [0.1, 0.15) is 77.2 Å². The molecule has 1 unspecified atom stereocenters. The largest absolute Gasteiger partial charge is 0.438 e. The number of aryl methyl sites for hydroxylation is 3. The van der Waals surface area contributed by atoms with Gasteiger partial charge in [0.05, 0.1) is 5.57 Å². The zero-order valence-corrected chi connectivity index (χ0v) is 26.4. The molecule has 4 aromatic heterocycles. The summed E-state index contributed by atoms with van der Waals surface area (Å²) >= 11 is 0. The number of ether oxygens (including phenoxy) is 2. The second-order valence-corrected chi connectivity index (χ2v) is 11.0. The molecule has 1 atom stereocenters. The summed E-state index contributed by atoms with van der Waals surface area (Å²) in [6.07, 6.45) is 8.14. The predicted molar refractivity (Wildman–Crippen MR) is 166 cm³/mol. The minimum atomic E-state index is -0.945. The Morgan fingerprint density at radius 2 is 1.89 bits per heavy atom. The molecule has 14 nitrogen and oxygen atoms in total. The van der Waals surface area contributed by atoms with Crippen LogP contribution in [0.25, 0.3) is 22.7 Å². The number of imidazole rings is 1. The Bertz CT molecular complexity index is 1910. The van der Waals surface area contributed by atoms with Crippen molar-refractivity contribution in [1.29, 1.82) is 0 Å². The Hall–Kier alpha value is -5.14. The first kappa shape index (κ1) is 32.3. The maximum Gasteiger partial charge on any atom is 0.339 e. The molecule has 1 aliphatic carbocycles. The number of aromatic nitrogens is 7. The standard InChI is InChI=1S/C32H37N7O7/c1-5-6-18-37-28-27(39(20(2)34-28)21(3)44-31(42)23-13-7-8-15-25(23)45-22(4)40)30(41)38(32(37)43)19-12-10-16-26-35-29(46-36-26)24-14-9-11-17-33-24/h8-9,11,14-15,17,21H,5-7,10,12-13,16,18-19H2,1-4H3. The molecule has 0 fully saturated rings. The summed E-state index contributed by atoms with van der Waals surface area (Å²) in [5, 5.41) is 4.03. The number of carbonyl (C=O) groups is 2. The first-order valence-electron chi connectivity index (χ1n) is 15.4. The highest BCUT2D eigenvalue weighted by Crippen LogP contribution is 2.25. The molecule has 0 spiro atoms. The molecule has 1 aliphatic rings. The van der Waals surface area contributed by atoms with Gasteiger partial charge in [0, 0.05) is 32.6 Å². The third kappa shape index (κ3) is 6.90. The van der Waals surface area contributed by atoms with Crippen LogP contribution in [-0.4, -0.2) is 45.7 Å². The van der Waals surface area contributed by atoms with Crippen molar-refractivity contribution in [2.45, 2.75) is 92.0 Å². The third-order valence-electron chi connectivity index (χ3n) is 7.62. The van der Waals surface area contributed by atoms with Gasteiger partial charge in [0.25, 0.3) is 11.4 Å². The molecular weight excluding hydrogens is 594 g/mol. The summed E-state index contributed by atoms with van der Waals surface area (Å²) in [5.74, 6) is 0.179. The van der Waals surface area contributed by atoms with E-state index in [1.165, 1.54) is 20.6 Å². The molecule has 242 valence electrons. The molecule has 0 aromatic carbocycles. The fraction of sp³-hybridized carbons (Fsp3) is 0.438. The molecule has 46 heavy (non-hydrogen) atoms. The Balaban J connectivity index is 1.40. The highest BCUT2D eigenvalue weighted by molar-refractivity contribution is 5.90. The number of hydrogen-bond donors (Lipinski definition) is 0. The van der Waals surface area contributed by atoms with E-state index in [2.05, 4.69) is 20.1 Å². The smallest absolute Gasteiger partial charge is 0.339 e. The summed E-state index contributed by atoms with van der Waals surface area (Å²) in [6, 6.07) is 5.41. The van der Waals surface area contributed by atoms with E-state index in [4.69, 9.17) is 14.0 Å². The zero-order valence-electron chi connectivity index (χ0n) is 26.4. The van der Waals surface area contributed by atoms with E-state index < -0.39 is 29.4 Å². The van der Waals surface area contributed by atoms with Crippen molar-refractivity contribution < 1.29 is 23.6 Å². The summed E-state index contributed by atoms with van der Waals surface area (Å²) in [5.41, 5.74) is 0.269. The lowest BCUT2D eigenvalue weighted by molar-refractivity contribution is -0.148. The molecule has 14 heteroatoms. The van der Waals surface area contributed by atoms with E-state index in [-0.39, 0.29) is 29.0 Å². The first-order chi connectivity index (χ1) is 22.2. The molecular formula is C32H37N7O7. The summed E-state index contributed by atoms with van der Waals surface area (Å²) in [7, 11) is 0. The second-order valence-electron chi connectivity index (χ2n) is 11.0. The van der Waals surface area contributed by atoms with Crippen LogP contribution in [0.15, 0.2) is 62.0 Å². The van der Waals surface area contributed by atoms with Gasteiger partial charge in [-0.05, 0) is 64.2 Å². The minimum absolute atomic E-state index is 0.146. The normalized spacial score (nSPS) is 13.7. The van der Waals surface area contributed by atoms with Crippen molar-refractivity contribution in [3.8, 4) is 11.6 Å². The summed E-state index contributed by atoms with van der Waals surface area (Å²) in [4.78, 5) is 65.6. The molecule has 0 aliphatic heterocycles. The van der Waals surface area contributed by atoms with Crippen LogP contribution in [0.3, 0.4) is 0 Å². The number of allylic oxidation sites excluding steroid dienone is 2. The van der Waals surface area contributed by atoms with Crippen LogP contribution in [0.4, 0.5) is 0 Å². The van der Waals surface area contributed by atoms with Gasteiger partial charge in [0.15, 0.2) is 23.2 Å². The number of fused-ring (bicyclic) bond motifs is 1. The molecule has 0 saturated heterocycles. The number of unbranched alkanes of at least 4 members (excludes halogenated alkanes) is 2. The van der Waals surface area contributed by atoms with Crippen molar-refractivity contribution in [2.75, 3.05) is 0 Å². The number of nitrogens with zero attached hydrogens (tertiary/aromatic N) is 7. The van der Waals surface area contributed by atoms with E-state index in [9.17, 15) is 19.2 Å². The molecule has 5 rings (SSSR count). The lowest BCUT2D eigenvalue weighted by atomic mass is 10.0. The topological polar surface area (TPSA) is 166 Å². The van der Waals surface area contributed by atoms with Crippen LogP contribution < -0.4 is 11.2 Å². The molecule has 4 aromatic rings. The Morgan fingerprint density at radius 1 is 1.09 bits per heavy atom. The highest BCUT2D eigenvalue weighted by atomic mass is 16.6. The monoisotopic (exact) mass is 631 g/mol. The van der Waals surface area contributed by atoms with Gasteiger partial charge in [-0.1, -0.05) is 30.6 Å². The average Bonchev–Trinajstić information content (AvgIpc) is 3.65. The first-order valence-corrected chi connectivity index (χ1v) is 15.4.